The van der Waals surface area contributed by atoms with E-state index in [0.717, 1.165) is 36.0 Å². The Morgan fingerprint density at radius 3 is 2.74 bits per heavy atom. The number of nitrogens with two attached hydrogens (primary N) is 1. The molecule has 1 aliphatic rings. The summed E-state index contributed by atoms with van der Waals surface area (Å²) in [6.07, 6.45) is 3.44. The van der Waals surface area contributed by atoms with Gasteiger partial charge in [-0.2, -0.15) is 0 Å². The molecule has 2 N–H and O–H groups in total. The van der Waals surface area contributed by atoms with Gasteiger partial charge in [0, 0.05) is 23.2 Å². The molecule has 0 saturated carbocycles. The SMILES string of the molecule is Cc1ccc2sc(C(=O)N3CCCCC3)c(N)c2c1. The van der Waals surface area contributed by atoms with Gasteiger partial charge < -0.3 is 10.6 Å². The number of hydrogen-bond donors (Lipinski definition) is 1. The molecule has 0 atom stereocenters. The van der Waals surface area contributed by atoms with Crippen LogP contribution in [0.5, 0.6) is 0 Å². The molecule has 1 aromatic heterocycles. The molecular formula is C15H18N2OS. The minimum atomic E-state index is 0.107. The van der Waals surface area contributed by atoms with Crippen LogP contribution in [0, 0.1) is 6.92 Å². The predicted octanol–water partition coefficient (Wildman–Crippen LogP) is 3.42. The first-order chi connectivity index (χ1) is 9.16. The highest BCUT2D eigenvalue weighted by Gasteiger charge is 2.23. The van der Waals surface area contributed by atoms with E-state index < -0.39 is 0 Å². The molecule has 2 heterocycles. The number of piperidine rings is 1. The fraction of sp³-hybridized carbons (Fsp3) is 0.400. The minimum absolute atomic E-state index is 0.107. The lowest BCUT2D eigenvalue weighted by molar-refractivity contribution is 0.0730. The summed E-state index contributed by atoms with van der Waals surface area (Å²) in [7, 11) is 0. The van der Waals surface area contributed by atoms with Gasteiger partial charge in [-0.3, -0.25) is 4.79 Å². The first-order valence-electron chi connectivity index (χ1n) is 6.75. The van der Waals surface area contributed by atoms with E-state index in [1.54, 1.807) is 0 Å². The topological polar surface area (TPSA) is 46.3 Å². The summed E-state index contributed by atoms with van der Waals surface area (Å²) in [6, 6.07) is 6.18. The first-order valence-corrected chi connectivity index (χ1v) is 7.56. The lowest BCUT2D eigenvalue weighted by Crippen LogP contribution is -2.35. The molecule has 2 aromatic rings. The number of nitrogen functional groups attached to an aromatic ring is 1. The zero-order chi connectivity index (χ0) is 13.4. The third kappa shape index (κ3) is 2.21. The molecule has 100 valence electrons. The standard InChI is InChI=1S/C15H18N2OS/c1-10-5-6-12-11(9-10)13(16)14(19-12)15(18)17-7-3-2-4-8-17/h5-6,9H,2-4,7-8,16H2,1H3. The number of rotatable bonds is 1. The number of benzene rings is 1. The van der Waals surface area contributed by atoms with E-state index in [1.807, 2.05) is 11.8 Å². The molecule has 0 unspecified atom stereocenters. The Balaban J connectivity index is 2.00. The Labute approximate surface area is 117 Å². The van der Waals surface area contributed by atoms with Gasteiger partial charge in [0.05, 0.1) is 5.69 Å². The molecule has 1 amide bonds. The predicted molar refractivity (Wildman–Crippen MR) is 80.7 cm³/mol. The molecule has 0 aliphatic carbocycles. The van der Waals surface area contributed by atoms with E-state index in [-0.39, 0.29) is 5.91 Å². The Kier molecular flexibility index (Phi) is 3.19. The molecule has 1 aliphatic heterocycles. The third-order valence-corrected chi connectivity index (χ3v) is 4.89. The van der Waals surface area contributed by atoms with Gasteiger partial charge in [0.25, 0.3) is 5.91 Å². The summed E-state index contributed by atoms with van der Waals surface area (Å²) in [6.45, 7) is 3.78. The summed E-state index contributed by atoms with van der Waals surface area (Å²) in [5, 5.41) is 1.02. The normalized spacial score (nSPS) is 15.9. The van der Waals surface area contributed by atoms with Gasteiger partial charge >= 0.3 is 0 Å². The van der Waals surface area contributed by atoms with Gasteiger partial charge in [-0.25, -0.2) is 0 Å². The van der Waals surface area contributed by atoms with Crippen molar-refractivity contribution in [2.75, 3.05) is 18.8 Å². The lowest BCUT2D eigenvalue weighted by Gasteiger charge is -2.26. The van der Waals surface area contributed by atoms with Crippen LogP contribution in [-0.2, 0) is 0 Å². The molecule has 0 radical (unpaired) electrons. The Morgan fingerprint density at radius 2 is 2.00 bits per heavy atom. The molecule has 3 rings (SSSR count). The van der Waals surface area contributed by atoms with Crippen LogP contribution in [0.25, 0.3) is 10.1 Å². The molecule has 0 bridgehead atoms. The van der Waals surface area contributed by atoms with E-state index in [0.29, 0.717) is 10.6 Å². The van der Waals surface area contributed by atoms with Crippen molar-refractivity contribution in [3.63, 3.8) is 0 Å². The monoisotopic (exact) mass is 274 g/mol. The summed E-state index contributed by atoms with van der Waals surface area (Å²) in [4.78, 5) is 15.2. The fourth-order valence-corrected chi connectivity index (χ4v) is 3.70. The maximum Gasteiger partial charge on any atom is 0.266 e. The van der Waals surface area contributed by atoms with Gasteiger partial charge in [0.2, 0.25) is 0 Å². The first kappa shape index (κ1) is 12.5. The van der Waals surface area contributed by atoms with E-state index in [9.17, 15) is 4.79 Å². The second-order valence-corrected chi connectivity index (χ2v) is 6.25. The third-order valence-electron chi connectivity index (χ3n) is 3.72. The van der Waals surface area contributed by atoms with Crippen LogP contribution in [0.1, 0.15) is 34.5 Å². The van der Waals surface area contributed by atoms with Crippen LogP contribution in [0.4, 0.5) is 5.69 Å². The Morgan fingerprint density at radius 1 is 1.26 bits per heavy atom. The number of fused-ring (bicyclic) bond motifs is 1. The number of carbonyl (C=O) groups is 1. The van der Waals surface area contributed by atoms with E-state index in [4.69, 9.17) is 5.73 Å². The van der Waals surface area contributed by atoms with Crippen LogP contribution < -0.4 is 5.73 Å². The lowest BCUT2D eigenvalue weighted by atomic mass is 10.1. The summed E-state index contributed by atoms with van der Waals surface area (Å²) >= 11 is 1.52. The molecule has 19 heavy (non-hydrogen) atoms. The van der Waals surface area contributed by atoms with Crippen molar-refractivity contribution in [3.05, 3.63) is 28.6 Å². The number of anilines is 1. The molecule has 0 spiro atoms. The van der Waals surface area contributed by atoms with Crippen molar-refractivity contribution in [2.24, 2.45) is 0 Å². The fourth-order valence-electron chi connectivity index (χ4n) is 2.63. The van der Waals surface area contributed by atoms with Crippen LogP contribution >= 0.6 is 11.3 Å². The van der Waals surface area contributed by atoms with Crippen molar-refractivity contribution in [1.29, 1.82) is 0 Å². The summed E-state index contributed by atoms with van der Waals surface area (Å²) in [5.41, 5.74) is 8.01. The van der Waals surface area contributed by atoms with Crippen LogP contribution in [0.3, 0.4) is 0 Å². The average Bonchev–Trinajstić information content (AvgIpc) is 2.76. The largest absolute Gasteiger partial charge is 0.397 e. The maximum atomic E-state index is 12.5. The van der Waals surface area contributed by atoms with Crippen molar-refractivity contribution >= 4 is 33.0 Å². The quantitative estimate of drug-likeness (QED) is 0.866. The van der Waals surface area contributed by atoms with Gasteiger partial charge in [-0.15, -0.1) is 11.3 Å². The van der Waals surface area contributed by atoms with Crippen molar-refractivity contribution < 1.29 is 4.79 Å². The van der Waals surface area contributed by atoms with Gasteiger partial charge in [-0.05, 0) is 38.3 Å². The van der Waals surface area contributed by atoms with Crippen LogP contribution in [0.15, 0.2) is 18.2 Å². The Bertz CT molecular complexity index is 626. The average molecular weight is 274 g/mol. The van der Waals surface area contributed by atoms with Crippen molar-refractivity contribution in [2.45, 2.75) is 26.2 Å². The number of carbonyl (C=O) groups excluding carboxylic acids is 1. The second-order valence-electron chi connectivity index (χ2n) is 5.20. The zero-order valence-electron chi connectivity index (χ0n) is 11.1. The summed E-state index contributed by atoms with van der Waals surface area (Å²) in [5.74, 6) is 0.107. The molecule has 1 aromatic carbocycles. The molecular weight excluding hydrogens is 256 g/mol. The van der Waals surface area contributed by atoms with Gasteiger partial charge in [0.1, 0.15) is 4.88 Å². The van der Waals surface area contributed by atoms with Crippen molar-refractivity contribution in [3.8, 4) is 0 Å². The molecule has 3 nitrogen and oxygen atoms in total. The minimum Gasteiger partial charge on any atom is -0.397 e. The second kappa shape index (κ2) is 4.85. The molecule has 1 saturated heterocycles. The molecule has 1 fully saturated rings. The number of hydrogen-bond acceptors (Lipinski definition) is 3. The van der Waals surface area contributed by atoms with E-state index in [1.165, 1.54) is 23.3 Å². The van der Waals surface area contributed by atoms with Gasteiger partial charge in [-0.1, -0.05) is 11.6 Å². The number of aryl methyl sites for hydroxylation is 1. The van der Waals surface area contributed by atoms with Crippen LogP contribution in [-0.4, -0.2) is 23.9 Å². The number of thiophene rings is 1. The highest BCUT2D eigenvalue weighted by molar-refractivity contribution is 7.21. The zero-order valence-corrected chi connectivity index (χ0v) is 11.9. The number of likely N-dealkylation sites (tertiary alicyclic amines) is 1. The number of amides is 1. The number of nitrogens with zero attached hydrogens (tertiary/aromatic N) is 1. The Hall–Kier alpha value is -1.55. The van der Waals surface area contributed by atoms with Crippen LogP contribution in [0.2, 0.25) is 0 Å². The van der Waals surface area contributed by atoms with Crippen molar-refractivity contribution in [1.82, 2.24) is 4.90 Å². The summed E-state index contributed by atoms with van der Waals surface area (Å²) < 4.78 is 1.10. The highest BCUT2D eigenvalue weighted by Crippen LogP contribution is 2.35. The maximum absolute atomic E-state index is 12.5. The van der Waals surface area contributed by atoms with E-state index >= 15 is 0 Å². The molecule has 4 heteroatoms. The van der Waals surface area contributed by atoms with E-state index in [2.05, 4.69) is 18.2 Å². The highest BCUT2D eigenvalue weighted by atomic mass is 32.1. The smallest absolute Gasteiger partial charge is 0.266 e. The van der Waals surface area contributed by atoms with Gasteiger partial charge in [0.15, 0.2) is 0 Å².